The molecule has 1 saturated heterocycles. The summed E-state index contributed by atoms with van der Waals surface area (Å²) >= 11 is 0. The molecule has 1 aliphatic rings. The van der Waals surface area contributed by atoms with Gasteiger partial charge in [0.2, 0.25) is 0 Å². The molecule has 0 aromatic heterocycles. The third-order valence-corrected chi connectivity index (χ3v) is 4.02. The largest absolute Gasteiger partial charge is 0.444 e. The molecule has 1 aliphatic heterocycles. The van der Waals surface area contributed by atoms with Gasteiger partial charge >= 0.3 is 6.09 Å². The first kappa shape index (κ1) is 15.2. The number of amides is 1. The van der Waals surface area contributed by atoms with Crippen molar-refractivity contribution in [3.8, 4) is 0 Å². The summed E-state index contributed by atoms with van der Waals surface area (Å²) in [5, 5.41) is 0. The van der Waals surface area contributed by atoms with Gasteiger partial charge in [-0.05, 0) is 33.1 Å². The van der Waals surface area contributed by atoms with E-state index in [1.54, 1.807) is 25.7 Å². The van der Waals surface area contributed by atoms with Crippen LogP contribution in [0.4, 0.5) is 4.79 Å². The molecule has 0 N–H and O–H groups in total. The van der Waals surface area contributed by atoms with Gasteiger partial charge in [0.15, 0.2) is 0 Å². The minimum absolute atomic E-state index is 0.0528. The predicted octanol–water partition coefficient (Wildman–Crippen LogP) is 1.22. The van der Waals surface area contributed by atoms with Crippen LogP contribution >= 0.6 is 0 Å². The van der Waals surface area contributed by atoms with Crippen molar-refractivity contribution in [1.82, 2.24) is 4.90 Å². The van der Waals surface area contributed by atoms with Gasteiger partial charge in [-0.1, -0.05) is 0 Å². The molecule has 0 aromatic rings. The number of hydrogen-bond donors (Lipinski definition) is 0. The Morgan fingerprint density at radius 1 is 1.39 bits per heavy atom. The van der Waals surface area contributed by atoms with Crippen molar-refractivity contribution < 1.29 is 22.1 Å². The Bertz CT molecular complexity index is 398. The Morgan fingerprint density at radius 3 is 2.50 bits per heavy atom. The van der Waals surface area contributed by atoms with E-state index in [0.29, 0.717) is 19.5 Å². The van der Waals surface area contributed by atoms with E-state index >= 15 is 0 Å². The zero-order valence-corrected chi connectivity index (χ0v) is 12.1. The van der Waals surface area contributed by atoms with Crippen LogP contribution in [0, 0.1) is 5.92 Å². The summed E-state index contributed by atoms with van der Waals surface area (Å²) in [6, 6.07) is 0. The predicted molar refractivity (Wildman–Crippen MR) is 66.7 cm³/mol. The van der Waals surface area contributed by atoms with Crippen LogP contribution in [-0.4, -0.2) is 51.0 Å². The van der Waals surface area contributed by atoms with E-state index in [-0.39, 0.29) is 17.8 Å². The zero-order valence-electron chi connectivity index (χ0n) is 11.3. The lowest BCUT2D eigenvalue weighted by Crippen LogP contribution is -2.35. The Hall–Kier alpha value is -0.820. The van der Waals surface area contributed by atoms with Crippen LogP contribution in [0.3, 0.4) is 0 Å². The summed E-state index contributed by atoms with van der Waals surface area (Å²) < 4.78 is 32.3. The number of carbonyl (C=O) groups is 1. The molecule has 0 spiro atoms. The van der Waals surface area contributed by atoms with Crippen LogP contribution < -0.4 is 0 Å². The molecule has 18 heavy (non-hydrogen) atoms. The number of likely N-dealkylation sites (tertiary alicyclic amines) is 1. The van der Waals surface area contributed by atoms with E-state index in [1.807, 2.05) is 0 Å². The number of rotatable bonds is 3. The first-order valence-corrected chi connectivity index (χ1v) is 7.47. The molecule has 1 atom stereocenters. The monoisotopic (exact) mass is 279 g/mol. The summed E-state index contributed by atoms with van der Waals surface area (Å²) in [6.07, 6.45) is 0.266. The van der Waals surface area contributed by atoms with Gasteiger partial charge in [0.05, 0.1) is 12.9 Å². The number of nitrogens with zero attached hydrogens (tertiary/aromatic N) is 1. The van der Waals surface area contributed by atoms with E-state index in [1.165, 1.54) is 0 Å². The van der Waals surface area contributed by atoms with E-state index in [9.17, 15) is 13.2 Å². The summed E-state index contributed by atoms with van der Waals surface area (Å²) in [6.45, 7) is 6.33. The number of hydrogen-bond acceptors (Lipinski definition) is 5. The average Bonchev–Trinajstić information content (AvgIpc) is 2.63. The molecule has 1 heterocycles. The second kappa shape index (κ2) is 5.44. The van der Waals surface area contributed by atoms with Gasteiger partial charge in [0.25, 0.3) is 10.1 Å². The Kier molecular flexibility index (Phi) is 4.61. The summed E-state index contributed by atoms with van der Waals surface area (Å²) in [5.74, 6) is -0.134. The quantitative estimate of drug-likeness (QED) is 0.726. The highest BCUT2D eigenvalue weighted by molar-refractivity contribution is 7.86. The van der Waals surface area contributed by atoms with Crippen molar-refractivity contribution >= 4 is 16.2 Å². The summed E-state index contributed by atoms with van der Waals surface area (Å²) in [7, 11) is -2.32. The van der Waals surface area contributed by atoms with Crippen LogP contribution in [0.25, 0.3) is 0 Å². The molecule has 7 heteroatoms. The van der Waals surface area contributed by atoms with Crippen LogP contribution in [-0.2, 0) is 19.0 Å². The minimum Gasteiger partial charge on any atom is -0.444 e. The highest BCUT2D eigenvalue weighted by Gasteiger charge is 2.32. The molecule has 1 fully saturated rings. The Morgan fingerprint density at radius 2 is 2.00 bits per heavy atom. The molecule has 106 valence electrons. The molecular weight excluding hydrogens is 258 g/mol. The molecule has 6 nitrogen and oxygen atoms in total. The summed E-state index contributed by atoms with van der Waals surface area (Å²) in [4.78, 5) is 13.3. The van der Waals surface area contributed by atoms with E-state index in [4.69, 9.17) is 4.74 Å². The van der Waals surface area contributed by atoms with Crippen LogP contribution in [0.2, 0.25) is 0 Å². The Balaban J connectivity index is 2.49. The van der Waals surface area contributed by atoms with E-state index < -0.39 is 15.7 Å². The van der Waals surface area contributed by atoms with Gasteiger partial charge in [-0.3, -0.25) is 4.18 Å². The average molecular weight is 279 g/mol. The lowest BCUT2D eigenvalue weighted by atomic mass is 10.2. The van der Waals surface area contributed by atoms with Crippen molar-refractivity contribution in [3.05, 3.63) is 0 Å². The highest BCUT2D eigenvalue weighted by Crippen LogP contribution is 2.21. The van der Waals surface area contributed by atoms with Crippen molar-refractivity contribution in [2.45, 2.75) is 32.8 Å². The van der Waals surface area contributed by atoms with Gasteiger partial charge in [0.1, 0.15) is 5.60 Å². The molecular formula is C11H21NO5S. The minimum atomic E-state index is -3.47. The molecule has 0 aromatic carbocycles. The topological polar surface area (TPSA) is 72.9 Å². The fourth-order valence-corrected chi connectivity index (χ4v) is 2.80. The zero-order chi connectivity index (χ0) is 14.0. The molecule has 0 radical (unpaired) electrons. The van der Waals surface area contributed by atoms with Crippen molar-refractivity contribution in [1.29, 1.82) is 0 Å². The van der Waals surface area contributed by atoms with Crippen molar-refractivity contribution in [3.63, 3.8) is 0 Å². The SMILES string of the molecule is COS(=O)(=O)C[C@H]1CCN(C(=O)OC(C)(C)C)C1. The maximum absolute atomic E-state index is 11.8. The second-order valence-corrected chi connectivity index (χ2v) is 7.25. The fraction of sp³-hybridized carbons (Fsp3) is 0.909. The van der Waals surface area contributed by atoms with Gasteiger partial charge in [-0.15, -0.1) is 0 Å². The molecule has 0 bridgehead atoms. The molecule has 0 aliphatic carbocycles. The first-order chi connectivity index (χ1) is 8.13. The maximum Gasteiger partial charge on any atom is 0.410 e. The Labute approximate surface area is 108 Å². The molecule has 1 amide bonds. The smallest absolute Gasteiger partial charge is 0.410 e. The standard InChI is InChI=1S/C11H21NO5S/c1-11(2,3)17-10(13)12-6-5-9(7-12)8-18(14,15)16-4/h9H,5-8H2,1-4H3/t9-/m0/s1. The second-order valence-electron chi connectivity index (χ2n) is 5.47. The highest BCUT2D eigenvalue weighted by atomic mass is 32.2. The maximum atomic E-state index is 11.8. The molecule has 0 unspecified atom stereocenters. The van der Waals surface area contributed by atoms with E-state index in [2.05, 4.69) is 4.18 Å². The van der Waals surface area contributed by atoms with Gasteiger partial charge in [0, 0.05) is 13.1 Å². The number of ether oxygens (including phenoxy) is 1. The number of carbonyl (C=O) groups excluding carboxylic acids is 1. The van der Waals surface area contributed by atoms with Crippen LogP contribution in [0.1, 0.15) is 27.2 Å². The first-order valence-electron chi connectivity index (χ1n) is 5.89. The lowest BCUT2D eigenvalue weighted by molar-refractivity contribution is 0.0289. The van der Waals surface area contributed by atoms with E-state index in [0.717, 1.165) is 7.11 Å². The van der Waals surface area contributed by atoms with Crippen molar-refractivity contribution in [2.75, 3.05) is 26.0 Å². The third kappa shape index (κ3) is 4.81. The molecule has 1 rings (SSSR count). The van der Waals surface area contributed by atoms with Gasteiger partial charge in [-0.25, -0.2) is 4.79 Å². The van der Waals surface area contributed by atoms with Crippen LogP contribution in [0.5, 0.6) is 0 Å². The summed E-state index contributed by atoms with van der Waals surface area (Å²) in [5.41, 5.74) is -0.534. The fourth-order valence-electron chi connectivity index (χ4n) is 1.82. The van der Waals surface area contributed by atoms with Gasteiger partial charge < -0.3 is 9.64 Å². The normalized spacial score (nSPS) is 21.1. The molecule has 0 saturated carbocycles. The third-order valence-electron chi connectivity index (χ3n) is 2.63. The van der Waals surface area contributed by atoms with Crippen LogP contribution in [0.15, 0.2) is 0 Å². The van der Waals surface area contributed by atoms with Crippen molar-refractivity contribution in [2.24, 2.45) is 5.92 Å². The van der Waals surface area contributed by atoms with Gasteiger partial charge in [-0.2, -0.15) is 8.42 Å². The lowest BCUT2D eigenvalue weighted by Gasteiger charge is -2.24.